The quantitative estimate of drug-likeness (QED) is 0.222. The molecule has 0 unspecified atom stereocenters. The van der Waals surface area contributed by atoms with Crippen molar-refractivity contribution in [2.75, 3.05) is 0 Å². The number of hydrogen-bond acceptors (Lipinski definition) is 1. The molecule has 0 aliphatic rings. The normalized spacial score (nSPS) is 8.83. The summed E-state index contributed by atoms with van der Waals surface area (Å²) in [5.41, 5.74) is 3.92. The monoisotopic (exact) mass is 594 g/mol. The predicted octanol–water partition coefficient (Wildman–Crippen LogP) is 7.12. The molecule has 6 heteroatoms. The van der Waals surface area contributed by atoms with Gasteiger partial charge < -0.3 is 5.11 Å². The minimum absolute atomic E-state index is 0.0743. The average molecular weight is 598 g/mol. The van der Waals surface area contributed by atoms with Crippen LogP contribution in [0, 0.1) is 24.7 Å². The molecule has 2 aromatic rings. The van der Waals surface area contributed by atoms with Crippen molar-refractivity contribution in [1.82, 2.24) is 0 Å². The summed E-state index contributed by atoms with van der Waals surface area (Å²) in [7, 11) is 0. The van der Waals surface area contributed by atoms with Crippen molar-refractivity contribution < 1.29 is 5.11 Å². The van der Waals surface area contributed by atoms with Crippen LogP contribution in [0.2, 0.25) is 0 Å². The molecule has 0 amide bonds. The van der Waals surface area contributed by atoms with Crippen LogP contribution in [0.4, 0.5) is 0 Å². The molecule has 0 fully saturated rings. The highest BCUT2D eigenvalue weighted by atomic mass is 80.0. The zero-order chi connectivity index (χ0) is 18.4. The first-order valence-corrected chi connectivity index (χ1v) is 15.0. The second-order valence-electron chi connectivity index (χ2n) is 4.17. The van der Waals surface area contributed by atoms with E-state index in [9.17, 15) is 0 Å². The van der Waals surface area contributed by atoms with Crippen LogP contribution in [-0.4, -0.2) is 5.11 Å². The van der Waals surface area contributed by atoms with E-state index in [4.69, 9.17) is 18.0 Å². The molecule has 1 N–H and O–H groups in total. The molecular formula is C18H15Br4OP. The van der Waals surface area contributed by atoms with Gasteiger partial charge in [-0.3, -0.25) is 0 Å². The molecule has 2 aromatic carbocycles. The standard InChI is InChI=1S/C9H7Br.C9H8O.Br3P/c2*1-2-8-3-5-9(7-10)6-4-8;1-4(2)3/h1,3-6H,7H2;1,3-6,10H,7H2;. The zero-order valence-electron chi connectivity index (χ0n) is 12.6. The lowest BCUT2D eigenvalue weighted by molar-refractivity contribution is 0.282. The van der Waals surface area contributed by atoms with E-state index < -0.39 is 0 Å². The third kappa shape index (κ3) is 12.3. The summed E-state index contributed by atoms with van der Waals surface area (Å²) in [5.74, 6) is 5.06. The summed E-state index contributed by atoms with van der Waals surface area (Å²) in [6.45, 7) is 0.0743. The molecule has 2 rings (SSSR count). The fourth-order valence-electron chi connectivity index (χ4n) is 1.40. The Morgan fingerprint density at radius 1 is 0.792 bits per heavy atom. The van der Waals surface area contributed by atoms with Crippen LogP contribution in [0.5, 0.6) is 0 Å². The first-order valence-electron chi connectivity index (χ1n) is 6.52. The van der Waals surface area contributed by atoms with Gasteiger partial charge in [0.2, 0.25) is 0 Å². The van der Waals surface area contributed by atoms with Crippen LogP contribution in [0.1, 0.15) is 22.3 Å². The first-order chi connectivity index (χ1) is 11.5. The predicted molar refractivity (Wildman–Crippen MR) is 121 cm³/mol. The second-order valence-corrected chi connectivity index (χ2v) is 20.1. The van der Waals surface area contributed by atoms with Gasteiger partial charge in [-0.15, -0.1) is 12.8 Å². The Morgan fingerprint density at radius 2 is 1.12 bits per heavy atom. The number of hydrogen-bond donors (Lipinski definition) is 1. The minimum atomic E-state index is -0.183. The molecule has 0 aliphatic carbocycles. The van der Waals surface area contributed by atoms with Crippen molar-refractivity contribution in [2.45, 2.75) is 11.9 Å². The third-order valence-electron chi connectivity index (χ3n) is 2.58. The maximum atomic E-state index is 8.65. The molecule has 126 valence electrons. The van der Waals surface area contributed by atoms with Crippen molar-refractivity contribution in [3.8, 4) is 24.7 Å². The van der Waals surface area contributed by atoms with Crippen molar-refractivity contribution in [1.29, 1.82) is 0 Å². The van der Waals surface area contributed by atoms with Crippen molar-refractivity contribution in [2.24, 2.45) is 0 Å². The summed E-state index contributed by atoms with van der Waals surface area (Å²) < 4.78 is -0.183. The van der Waals surface area contributed by atoms with Gasteiger partial charge in [0.1, 0.15) is 4.03 Å². The van der Waals surface area contributed by atoms with Gasteiger partial charge in [0.15, 0.2) is 0 Å². The van der Waals surface area contributed by atoms with E-state index in [0.717, 1.165) is 22.0 Å². The fraction of sp³-hybridized carbons (Fsp3) is 0.111. The Balaban J connectivity index is 0.000000363. The number of rotatable bonds is 2. The highest BCUT2D eigenvalue weighted by molar-refractivity contribution is 9.93. The third-order valence-corrected chi connectivity index (χ3v) is 3.23. The molecule has 0 spiro atoms. The average Bonchev–Trinajstić information content (AvgIpc) is 2.62. The molecule has 0 saturated heterocycles. The molecular weight excluding hydrogens is 583 g/mol. The Labute approximate surface area is 177 Å². The minimum Gasteiger partial charge on any atom is -0.392 e. The van der Waals surface area contributed by atoms with E-state index in [-0.39, 0.29) is 10.6 Å². The SMILES string of the molecule is BrP(Br)Br.C#Cc1ccc(CBr)cc1.C#Cc1ccc(CO)cc1. The molecule has 1 nitrogen and oxygen atoms in total. The van der Waals surface area contributed by atoms with Crippen molar-refractivity contribution in [3.05, 3.63) is 70.8 Å². The van der Waals surface area contributed by atoms with Gasteiger partial charge in [-0.25, -0.2) is 0 Å². The van der Waals surface area contributed by atoms with E-state index in [1.165, 1.54) is 5.56 Å². The van der Waals surface area contributed by atoms with E-state index in [2.05, 4.69) is 74.2 Å². The van der Waals surface area contributed by atoms with Gasteiger partial charge in [0.25, 0.3) is 0 Å². The molecule has 0 aliphatic heterocycles. The van der Waals surface area contributed by atoms with Gasteiger partial charge >= 0.3 is 0 Å². The van der Waals surface area contributed by atoms with Crippen LogP contribution in [0.3, 0.4) is 0 Å². The number of aliphatic hydroxyl groups is 1. The van der Waals surface area contributed by atoms with Crippen LogP contribution < -0.4 is 0 Å². The summed E-state index contributed by atoms with van der Waals surface area (Å²) >= 11 is 12.9. The van der Waals surface area contributed by atoms with E-state index in [1.54, 1.807) is 0 Å². The summed E-state index contributed by atoms with van der Waals surface area (Å²) in [6.07, 6.45) is 10.3. The zero-order valence-corrected chi connectivity index (χ0v) is 19.8. The fourth-order valence-corrected chi connectivity index (χ4v) is 1.77. The summed E-state index contributed by atoms with van der Waals surface area (Å²) in [5, 5.41) is 9.54. The maximum Gasteiger partial charge on any atom is 0.103 e. The molecule has 0 saturated carbocycles. The highest BCUT2D eigenvalue weighted by Gasteiger charge is 1.88. The number of aliphatic hydroxyl groups excluding tert-OH is 1. The van der Waals surface area contributed by atoms with Gasteiger partial charge in [0.05, 0.1) is 6.61 Å². The first kappa shape index (κ1) is 23.9. The van der Waals surface area contributed by atoms with Crippen LogP contribution in [0.15, 0.2) is 48.5 Å². The van der Waals surface area contributed by atoms with Gasteiger partial charge in [-0.2, -0.15) is 0 Å². The maximum absolute atomic E-state index is 8.65. The number of terminal acetylenes is 2. The topological polar surface area (TPSA) is 20.2 Å². The summed E-state index contributed by atoms with van der Waals surface area (Å²) in [6, 6.07) is 15.2. The lowest BCUT2D eigenvalue weighted by Crippen LogP contribution is -1.81. The molecule has 0 atom stereocenters. The number of halogens is 4. The lowest BCUT2D eigenvalue weighted by atomic mass is 10.1. The largest absolute Gasteiger partial charge is 0.392 e. The molecule has 0 aromatic heterocycles. The second kappa shape index (κ2) is 15.2. The Bertz CT molecular complexity index is 595. The summed E-state index contributed by atoms with van der Waals surface area (Å²) in [4.78, 5) is 0. The van der Waals surface area contributed by atoms with E-state index in [1.807, 2.05) is 48.5 Å². The number of benzene rings is 2. The van der Waals surface area contributed by atoms with Gasteiger partial charge in [-0.1, -0.05) is 52.0 Å². The van der Waals surface area contributed by atoms with E-state index in [0.29, 0.717) is 0 Å². The van der Waals surface area contributed by atoms with Crippen LogP contribution >= 0.6 is 66.4 Å². The Hall–Kier alpha value is -0.130. The van der Waals surface area contributed by atoms with Crippen LogP contribution in [-0.2, 0) is 11.9 Å². The van der Waals surface area contributed by atoms with Crippen LogP contribution in [0.25, 0.3) is 0 Å². The van der Waals surface area contributed by atoms with Gasteiger partial charge in [0, 0.05) is 16.5 Å². The Kier molecular flexibility index (Phi) is 15.1. The smallest absolute Gasteiger partial charge is 0.103 e. The van der Waals surface area contributed by atoms with Crippen molar-refractivity contribution >= 4 is 66.4 Å². The molecule has 0 heterocycles. The van der Waals surface area contributed by atoms with Gasteiger partial charge in [-0.05, 0) is 81.9 Å². The number of alkyl halides is 1. The van der Waals surface area contributed by atoms with E-state index >= 15 is 0 Å². The molecule has 0 radical (unpaired) electrons. The molecule has 0 bridgehead atoms. The molecule has 24 heavy (non-hydrogen) atoms. The van der Waals surface area contributed by atoms with Crippen molar-refractivity contribution in [3.63, 3.8) is 0 Å². The highest BCUT2D eigenvalue weighted by Crippen LogP contribution is 2.59. The lowest BCUT2D eigenvalue weighted by Gasteiger charge is -1.93. The Morgan fingerprint density at radius 3 is 1.38 bits per heavy atom.